The van der Waals surface area contributed by atoms with Crippen LogP contribution in [0.1, 0.15) is 25.8 Å². The second-order valence-electron chi connectivity index (χ2n) is 9.65. The number of amides is 2. The molecule has 44 heavy (non-hydrogen) atoms. The zero-order valence-electron chi connectivity index (χ0n) is 25.6. The SMILES string of the molecule is CCCNC(=O)C(C)N(Cc1ccccc1F)C(=O)CN(c1cc(OC)ccc1OC)S(=O)(=O)c1ccc(OC)c(OC)c1. The molecule has 0 fully saturated rings. The van der Waals surface area contributed by atoms with Crippen LogP contribution in [0.3, 0.4) is 0 Å². The van der Waals surface area contributed by atoms with Gasteiger partial charge in [-0.2, -0.15) is 0 Å². The van der Waals surface area contributed by atoms with Crippen LogP contribution < -0.4 is 28.6 Å². The number of hydrogen-bond donors (Lipinski definition) is 1. The third-order valence-electron chi connectivity index (χ3n) is 6.89. The molecule has 0 saturated heterocycles. The molecule has 3 rings (SSSR count). The largest absolute Gasteiger partial charge is 0.497 e. The van der Waals surface area contributed by atoms with Gasteiger partial charge in [-0.15, -0.1) is 0 Å². The second kappa shape index (κ2) is 15.3. The minimum Gasteiger partial charge on any atom is -0.497 e. The second-order valence-corrected chi connectivity index (χ2v) is 11.5. The fraction of sp³-hybridized carbons (Fsp3) is 0.355. The number of carbonyl (C=O) groups is 2. The molecule has 0 saturated carbocycles. The van der Waals surface area contributed by atoms with Crippen LogP contribution in [0.15, 0.2) is 65.6 Å². The number of benzene rings is 3. The minimum atomic E-state index is -4.50. The first kappa shape index (κ1) is 34.0. The maximum Gasteiger partial charge on any atom is 0.265 e. The molecule has 0 radical (unpaired) electrons. The van der Waals surface area contributed by atoms with Crippen molar-refractivity contribution in [1.82, 2.24) is 10.2 Å². The van der Waals surface area contributed by atoms with E-state index < -0.39 is 40.2 Å². The van der Waals surface area contributed by atoms with Gasteiger partial charge in [0.2, 0.25) is 11.8 Å². The van der Waals surface area contributed by atoms with Gasteiger partial charge in [0.1, 0.15) is 29.9 Å². The average molecular weight is 632 g/mol. The highest BCUT2D eigenvalue weighted by molar-refractivity contribution is 7.92. The predicted octanol–water partition coefficient (Wildman–Crippen LogP) is 4.00. The van der Waals surface area contributed by atoms with Gasteiger partial charge in [0.15, 0.2) is 11.5 Å². The van der Waals surface area contributed by atoms with Crippen LogP contribution in [-0.4, -0.2) is 72.7 Å². The number of ether oxygens (including phenoxy) is 4. The molecule has 3 aromatic carbocycles. The summed E-state index contributed by atoms with van der Waals surface area (Å²) in [6, 6.07) is 13.3. The Balaban J connectivity index is 2.17. The topological polar surface area (TPSA) is 124 Å². The zero-order valence-corrected chi connectivity index (χ0v) is 26.4. The van der Waals surface area contributed by atoms with Crippen LogP contribution in [0.25, 0.3) is 0 Å². The summed E-state index contributed by atoms with van der Waals surface area (Å²) in [7, 11) is 1.06. The highest BCUT2D eigenvalue weighted by Crippen LogP contribution is 2.37. The lowest BCUT2D eigenvalue weighted by Crippen LogP contribution is -2.51. The molecule has 0 aliphatic heterocycles. The summed E-state index contributed by atoms with van der Waals surface area (Å²) in [4.78, 5) is 28.1. The normalized spacial score (nSPS) is 11.7. The predicted molar refractivity (Wildman–Crippen MR) is 163 cm³/mol. The lowest BCUT2D eigenvalue weighted by Gasteiger charge is -2.32. The van der Waals surface area contributed by atoms with Crippen molar-refractivity contribution in [2.75, 3.05) is 45.8 Å². The van der Waals surface area contributed by atoms with Crippen molar-refractivity contribution in [3.05, 3.63) is 72.0 Å². The number of sulfonamides is 1. The smallest absolute Gasteiger partial charge is 0.265 e. The van der Waals surface area contributed by atoms with E-state index in [0.29, 0.717) is 24.5 Å². The van der Waals surface area contributed by atoms with Crippen LogP contribution in [0.4, 0.5) is 10.1 Å². The van der Waals surface area contributed by atoms with Gasteiger partial charge >= 0.3 is 0 Å². The van der Waals surface area contributed by atoms with Crippen molar-refractivity contribution in [2.24, 2.45) is 0 Å². The van der Waals surface area contributed by atoms with Crippen molar-refractivity contribution < 1.29 is 41.3 Å². The van der Waals surface area contributed by atoms with E-state index in [1.54, 1.807) is 12.1 Å². The van der Waals surface area contributed by atoms with E-state index in [1.807, 2.05) is 6.92 Å². The van der Waals surface area contributed by atoms with Crippen molar-refractivity contribution in [1.29, 1.82) is 0 Å². The monoisotopic (exact) mass is 631 g/mol. The van der Waals surface area contributed by atoms with Crippen molar-refractivity contribution in [2.45, 2.75) is 37.8 Å². The summed E-state index contributed by atoms with van der Waals surface area (Å²) in [5, 5.41) is 2.75. The van der Waals surface area contributed by atoms with Gasteiger partial charge < -0.3 is 29.2 Å². The van der Waals surface area contributed by atoms with Crippen molar-refractivity contribution in [3.8, 4) is 23.0 Å². The maximum atomic E-state index is 14.7. The lowest BCUT2D eigenvalue weighted by atomic mass is 10.1. The molecule has 0 aromatic heterocycles. The molecular formula is C31H38FN3O8S. The number of anilines is 1. The molecule has 1 atom stereocenters. The standard InChI is InChI=1S/C31H38FN3O8S/c1-7-16-33-31(37)21(2)34(19-22-10-8-9-11-25(22)32)30(36)20-35(26-17-23(40-3)12-14-27(26)41-4)44(38,39)24-13-15-28(42-5)29(18-24)43-6/h8-15,17-18,21H,7,16,19-20H2,1-6H3,(H,33,37). The number of halogens is 1. The van der Waals surface area contributed by atoms with Gasteiger partial charge in [-0.25, -0.2) is 12.8 Å². The number of methoxy groups -OCH3 is 4. The van der Waals surface area contributed by atoms with Crippen molar-refractivity contribution in [3.63, 3.8) is 0 Å². The molecule has 11 nitrogen and oxygen atoms in total. The Labute approximate surface area is 257 Å². The summed E-state index contributed by atoms with van der Waals surface area (Å²) in [5.74, 6) is -0.911. The molecule has 238 valence electrons. The van der Waals surface area contributed by atoms with Gasteiger partial charge in [0.25, 0.3) is 10.0 Å². The van der Waals surface area contributed by atoms with E-state index in [2.05, 4.69) is 5.32 Å². The van der Waals surface area contributed by atoms with Gasteiger partial charge in [0.05, 0.1) is 39.0 Å². The van der Waals surface area contributed by atoms with Gasteiger partial charge in [0, 0.05) is 30.8 Å². The fourth-order valence-corrected chi connectivity index (χ4v) is 5.83. The molecule has 3 aromatic rings. The Bertz CT molecular complexity index is 1570. The molecule has 2 amide bonds. The van der Waals surface area contributed by atoms with E-state index in [1.165, 1.54) is 83.9 Å². The van der Waals surface area contributed by atoms with Crippen LogP contribution >= 0.6 is 0 Å². The first-order valence-corrected chi connectivity index (χ1v) is 15.2. The van der Waals surface area contributed by atoms with E-state index in [0.717, 1.165) is 9.21 Å². The Kier molecular flexibility index (Phi) is 11.8. The summed E-state index contributed by atoms with van der Waals surface area (Å²) >= 11 is 0. The van der Waals surface area contributed by atoms with Gasteiger partial charge in [-0.1, -0.05) is 25.1 Å². The summed E-state index contributed by atoms with van der Waals surface area (Å²) < 4.78 is 65.6. The highest BCUT2D eigenvalue weighted by Gasteiger charge is 2.35. The van der Waals surface area contributed by atoms with E-state index in [-0.39, 0.29) is 34.2 Å². The van der Waals surface area contributed by atoms with Gasteiger partial charge in [-0.05, 0) is 43.7 Å². The Hall–Kier alpha value is -4.52. The minimum absolute atomic E-state index is 0.00362. The fourth-order valence-electron chi connectivity index (χ4n) is 4.40. The summed E-state index contributed by atoms with van der Waals surface area (Å²) in [5.41, 5.74) is 0.160. The van der Waals surface area contributed by atoms with Crippen LogP contribution in [0.5, 0.6) is 23.0 Å². The number of nitrogens with one attached hydrogen (secondary N) is 1. The molecular weight excluding hydrogens is 593 g/mol. The average Bonchev–Trinajstić information content (AvgIpc) is 3.04. The quantitative estimate of drug-likeness (QED) is 0.267. The Morgan fingerprint density at radius 3 is 2.16 bits per heavy atom. The third kappa shape index (κ3) is 7.70. The van der Waals surface area contributed by atoms with Crippen molar-refractivity contribution >= 4 is 27.5 Å². The van der Waals surface area contributed by atoms with E-state index in [9.17, 15) is 22.4 Å². The van der Waals surface area contributed by atoms with Gasteiger partial charge in [-0.3, -0.25) is 13.9 Å². The molecule has 1 N–H and O–H groups in total. The lowest BCUT2D eigenvalue weighted by molar-refractivity contribution is -0.139. The summed E-state index contributed by atoms with van der Waals surface area (Å²) in [6.45, 7) is 2.70. The molecule has 0 heterocycles. The third-order valence-corrected chi connectivity index (χ3v) is 8.65. The number of nitrogens with zero attached hydrogens (tertiary/aromatic N) is 2. The number of hydrogen-bond acceptors (Lipinski definition) is 8. The van der Waals surface area contributed by atoms with E-state index in [4.69, 9.17) is 18.9 Å². The van der Waals surface area contributed by atoms with Crippen LogP contribution in [-0.2, 0) is 26.2 Å². The molecule has 13 heteroatoms. The number of carbonyl (C=O) groups excluding carboxylic acids is 2. The zero-order chi connectivity index (χ0) is 32.4. The molecule has 0 aliphatic rings. The molecule has 0 aliphatic carbocycles. The molecule has 0 bridgehead atoms. The summed E-state index contributed by atoms with van der Waals surface area (Å²) in [6.07, 6.45) is 0.659. The Morgan fingerprint density at radius 2 is 1.55 bits per heavy atom. The molecule has 1 unspecified atom stereocenters. The first-order valence-electron chi connectivity index (χ1n) is 13.8. The van der Waals surface area contributed by atoms with Crippen LogP contribution in [0, 0.1) is 5.82 Å². The maximum absolute atomic E-state index is 14.7. The van der Waals surface area contributed by atoms with E-state index >= 15 is 0 Å². The Morgan fingerprint density at radius 1 is 0.886 bits per heavy atom. The number of rotatable bonds is 15. The molecule has 0 spiro atoms. The van der Waals surface area contributed by atoms with Crippen LogP contribution in [0.2, 0.25) is 0 Å². The highest BCUT2D eigenvalue weighted by atomic mass is 32.2. The first-order chi connectivity index (χ1) is 21.0.